The molecule has 106 valence electrons. The Kier molecular flexibility index (Phi) is 8.30. The summed E-state index contributed by atoms with van der Waals surface area (Å²) in [5, 5.41) is 13.6. The zero-order valence-electron chi connectivity index (χ0n) is 10.8. The quantitative estimate of drug-likeness (QED) is 0.558. The Morgan fingerprint density at radius 3 is 2.44 bits per heavy atom. The monoisotopic (exact) mass is 280 g/mol. The Morgan fingerprint density at radius 2 is 2.00 bits per heavy atom. The number of aliphatic carboxylic acids is 1. The minimum Gasteiger partial charge on any atom is -0.479 e. The van der Waals surface area contributed by atoms with Crippen molar-refractivity contribution in [3.05, 3.63) is 0 Å². The number of urea groups is 1. The van der Waals surface area contributed by atoms with Crippen LogP contribution in [-0.4, -0.2) is 59.1 Å². The lowest BCUT2D eigenvalue weighted by Gasteiger charge is -2.13. The van der Waals surface area contributed by atoms with E-state index in [1.165, 1.54) is 7.11 Å². The van der Waals surface area contributed by atoms with Gasteiger partial charge in [0.25, 0.3) is 0 Å². The summed E-state index contributed by atoms with van der Waals surface area (Å²) in [6.07, 6.45) is 1.15. The number of hydrogen-bond donors (Lipinski definition) is 3. The van der Waals surface area contributed by atoms with Crippen molar-refractivity contribution in [2.24, 2.45) is 0 Å². The standard InChI is InChI=1S/C10H20N2O5S/c1-7(18(3)16)4-5-11-10(15)12-6-8(17-2)9(13)14/h7-8H,4-6H2,1-3H3,(H,13,14)(H2,11,12,15). The number of carboxylic acids is 1. The number of carboxylic acid groups (broad SMARTS) is 1. The summed E-state index contributed by atoms with van der Waals surface area (Å²) in [4.78, 5) is 21.9. The molecule has 7 nitrogen and oxygen atoms in total. The fourth-order valence-electron chi connectivity index (χ4n) is 1.07. The summed E-state index contributed by atoms with van der Waals surface area (Å²) >= 11 is 0. The normalized spacial score (nSPS) is 15.5. The molecule has 8 heteroatoms. The van der Waals surface area contributed by atoms with Gasteiger partial charge in [0.2, 0.25) is 0 Å². The third kappa shape index (κ3) is 7.23. The number of nitrogens with one attached hydrogen (secondary N) is 2. The predicted octanol–water partition coefficient (Wildman–Crippen LogP) is -0.458. The third-order valence-corrected chi connectivity index (χ3v) is 3.78. The topological polar surface area (TPSA) is 105 Å². The van der Waals surface area contributed by atoms with Crippen LogP contribution in [-0.2, 0) is 20.3 Å². The van der Waals surface area contributed by atoms with E-state index in [0.29, 0.717) is 13.0 Å². The highest BCUT2D eigenvalue weighted by Crippen LogP contribution is 1.97. The van der Waals surface area contributed by atoms with E-state index in [1.54, 1.807) is 6.26 Å². The van der Waals surface area contributed by atoms with E-state index in [1.807, 2.05) is 6.92 Å². The molecule has 3 unspecified atom stereocenters. The number of methoxy groups -OCH3 is 1. The molecule has 2 amide bonds. The second kappa shape index (κ2) is 8.87. The van der Waals surface area contributed by atoms with Gasteiger partial charge in [-0.1, -0.05) is 6.92 Å². The number of rotatable bonds is 8. The summed E-state index contributed by atoms with van der Waals surface area (Å²) in [5.41, 5.74) is 0. The van der Waals surface area contributed by atoms with Crippen LogP contribution in [0.25, 0.3) is 0 Å². The van der Waals surface area contributed by atoms with Crippen molar-refractivity contribution >= 4 is 22.8 Å². The molecule has 0 saturated heterocycles. The molecule has 3 N–H and O–H groups in total. The lowest BCUT2D eigenvalue weighted by Crippen LogP contribution is -2.43. The average molecular weight is 280 g/mol. The maximum Gasteiger partial charge on any atom is 0.334 e. The van der Waals surface area contributed by atoms with Crippen molar-refractivity contribution < 1.29 is 23.6 Å². The van der Waals surface area contributed by atoms with E-state index in [9.17, 15) is 13.8 Å². The van der Waals surface area contributed by atoms with E-state index >= 15 is 0 Å². The van der Waals surface area contributed by atoms with Gasteiger partial charge in [0.05, 0.1) is 6.54 Å². The van der Waals surface area contributed by atoms with Crippen LogP contribution in [0.15, 0.2) is 0 Å². The highest BCUT2D eigenvalue weighted by atomic mass is 32.2. The van der Waals surface area contributed by atoms with E-state index < -0.39 is 28.9 Å². The van der Waals surface area contributed by atoms with E-state index in [4.69, 9.17) is 5.11 Å². The molecule has 0 heterocycles. The summed E-state index contributed by atoms with van der Waals surface area (Å²) in [6, 6.07) is -0.465. The van der Waals surface area contributed by atoms with Crippen LogP contribution in [0, 0.1) is 0 Å². The molecule has 0 radical (unpaired) electrons. The maximum atomic E-state index is 11.3. The van der Waals surface area contributed by atoms with Crippen LogP contribution in [0.2, 0.25) is 0 Å². The van der Waals surface area contributed by atoms with Crippen LogP contribution < -0.4 is 10.6 Å². The average Bonchev–Trinajstić information content (AvgIpc) is 2.29. The zero-order chi connectivity index (χ0) is 14.1. The summed E-state index contributed by atoms with van der Waals surface area (Å²) < 4.78 is 15.7. The molecule has 0 aliphatic carbocycles. The first-order chi connectivity index (χ1) is 8.38. The van der Waals surface area contributed by atoms with Crippen LogP contribution in [0.1, 0.15) is 13.3 Å². The lowest BCUT2D eigenvalue weighted by atomic mass is 10.3. The first-order valence-corrected chi connectivity index (χ1v) is 7.10. The van der Waals surface area contributed by atoms with Crippen molar-refractivity contribution in [1.29, 1.82) is 0 Å². The Hall–Kier alpha value is -1.15. The minimum absolute atomic E-state index is 0.0102. The van der Waals surface area contributed by atoms with Crippen LogP contribution in [0.4, 0.5) is 4.79 Å². The molecule has 0 fully saturated rings. The molecular weight excluding hydrogens is 260 g/mol. The van der Waals surface area contributed by atoms with Crippen molar-refractivity contribution in [3.63, 3.8) is 0 Å². The molecule has 0 aliphatic rings. The van der Waals surface area contributed by atoms with Crippen molar-refractivity contribution in [1.82, 2.24) is 10.6 Å². The van der Waals surface area contributed by atoms with Crippen LogP contribution >= 0.6 is 0 Å². The van der Waals surface area contributed by atoms with Gasteiger partial charge in [-0.05, 0) is 6.42 Å². The van der Waals surface area contributed by atoms with Crippen molar-refractivity contribution in [2.75, 3.05) is 26.5 Å². The van der Waals surface area contributed by atoms with Gasteiger partial charge in [0, 0.05) is 36.0 Å². The van der Waals surface area contributed by atoms with Crippen LogP contribution in [0.3, 0.4) is 0 Å². The number of carbonyl (C=O) groups is 2. The highest BCUT2D eigenvalue weighted by Gasteiger charge is 2.16. The Labute approximate surface area is 109 Å². The fourth-order valence-corrected chi connectivity index (χ4v) is 1.52. The number of hydrogen-bond acceptors (Lipinski definition) is 4. The first-order valence-electron chi connectivity index (χ1n) is 5.48. The molecule has 0 spiro atoms. The van der Waals surface area contributed by atoms with Gasteiger partial charge in [-0.3, -0.25) is 4.21 Å². The highest BCUT2D eigenvalue weighted by molar-refractivity contribution is 7.84. The molecule has 0 aliphatic heterocycles. The lowest BCUT2D eigenvalue weighted by molar-refractivity contribution is -0.147. The number of amides is 2. The van der Waals surface area contributed by atoms with Gasteiger partial charge >= 0.3 is 12.0 Å². The summed E-state index contributed by atoms with van der Waals surface area (Å²) in [7, 11) is 0.347. The van der Waals surface area contributed by atoms with Gasteiger partial charge in [0.1, 0.15) is 0 Å². The van der Waals surface area contributed by atoms with Crippen LogP contribution in [0.5, 0.6) is 0 Å². The number of carbonyl (C=O) groups excluding carboxylic acids is 1. The molecule has 0 saturated carbocycles. The molecule has 0 rings (SSSR count). The molecule has 0 aromatic carbocycles. The molecule has 3 atom stereocenters. The predicted molar refractivity (Wildman–Crippen MR) is 68.0 cm³/mol. The van der Waals surface area contributed by atoms with E-state index in [-0.39, 0.29) is 11.8 Å². The molecule has 0 aromatic heterocycles. The third-order valence-electron chi connectivity index (χ3n) is 2.41. The Morgan fingerprint density at radius 1 is 1.39 bits per heavy atom. The van der Waals surface area contributed by atoms with Crippen molar-refractivity contribution in [3.8, 4) is 0 Å². The van der Waals surface area contributed by atoms with Gasteiger partial charge < -0.3 is 20.5 Å². The molecular formula is C10H20N2O5S. The first kappa shape index (κ1) is 16.9. The van der Waals surface area contributed by atoms with Crippen molar-refractivity contribution in [2.45, 2.75) is 24.7 Å². The molecule has 0 aromatic rings. The fraction of sp³-hybridized carbons (Fsp3) is 0.800. The largest absolute Gasteiger partial charge is 0.479 e. The second-order valence-corrected chi connectivity index (χ2v) is 5.60. The zero-order valence-corrected chi connectivity index (χ0v) is 11.6. The van der Waals surface area contributed by atoms with Gasteiger partial charge in [0.15, 0.2) is 6.10 Å². The minimum atomic E-state index is -1.13. The smallest absolute Gasteiger partial charge is 0.334 e. The SMILES string of the molecule is COC(CNC(=O)NCCC(C)S(C)=O)C(=O)O. The Balaban J connectivity index is 3.78. The summed E-state index contributed by atoms with van der Waals surface area (Å²) in [6.45, 7) is 2.12. The van der Waals surface area contributed by atoms with E-state index in [2.05, 4.69) is 15.4 Å². The molecule has 0 bridgehead atoms. The number of ether oxygens (including phenoxy) is 1. The Bertz CT molecular complexity index is 311. The van der Waals surface area contributed by atoms with Gasteiger partial charge in [-0.2, -0.15) is 0 Å². The summed E-state index contributed by atoms with van der Waals surface area (Å²) in [5.74, 6) is -1.13. The van der Waals surface area contributed by atoms with E-state index in [0.717, 1.165) is 0 Å². The van der Waals surface area contributed by atoms with Gasteiger partial charge in [-0.25, -0.2) is 9.59 Å². The van der Waals surface area contributed by atoms with Gasteiger partial charge in [-0.15, -0.1) is 0 Å². The maximum absolute atomic E-state index is 11.3. The molecule has 18 heavy (non-hydrogen) atoms. The second-order valence-electron chi connectivity index (χ2n) is 3.80.